The van der Waals surface area contributed by atoms with Crippen LogP contribution in [0.15, 0.2) is 6.20 Å². The first kappa shape index (κ1) is 25.7. The standard InChI is InChI=1S/C21H36BIN4O5/c1-19(2,3)31-18(28)26(7)9-10-27-13-16(24-25-27)14-30-22-29-11-8-15-12-17(20(15,4)5)21(6,23)32-22/h13,15,17H,8-12,14H2,1-7H3/t15?,17?,21-/m0/s1. The minimum Gasteiger partial charge on any atom is -0.444 e. The number of hydrogen-bond acceptors (Lipinski definition) is 7. The molecule has 32 heavy (non-hydrogen) atoms. The Morgan fingerprint density at radius 3 is 2.78 bits per heavy atom. The zero-order chi connectivity index (χ0) is 23.7. The van der Waals surface area contributed by atoms with Gasteiger partial charge in [-0.15, -0.1) is 5.10 Å². The molecule has 0 radical (unpaired) electrons. The summed E-state index contributed by atoms with van der Waals surface area (Å²) < 4.78 is 24.7. The molecule has 1 aromatic heterocycles. The first-order chi connectivity index (χ1) is 14.8. The molecular weight excluding hydrogens is 526 g/mol. The third kappa shape index (κ3) is 6.35. The second-order valence-corrected chi connectivity index (χ2v) is 12.7. The van der Waals surface area contributed by atoms with Gasteiger partial charge in [0.15, 0.2) is 0 Å². The lowest BCUT2D eigenvalue weighted by atomic mass is 9.52. The van der Waals surface area contributed by atoms with Crippen molar-refractivity contribution in [1.82, 2.24) is 19.9 Å². The lowest BCUT2D eigenvalue weighted by molar-refractivity contribution is -0.0914. The zero-order valence-electron chi connectivity index (χ0n) is 20.3. The SMILES string of the molecule is CN(CCn1cc(COB2OCCC3CC(C3(C)C)[C@@](C)(I)O2)nn1)C(=O)OC(C)(C)C. The van der Waals surface area contributed by atoms with Crippen molar-refractivity contribution in [3.05, 3.63) is 11.9 Å². The highest BCUT2D eigenvalue weighted by molar-refractivity contribution is 14.1. The monoisotopic (exact) mass is 562 g/mol. The number of rotatable bonds is 6. The molecule has 0 spiro atoms. The largest absolute Gasteiger partial charge is 0.640 e. The van der Waals surface area contributed by atoms with E-state index in [4.69, 9.17) is 18.7 Å². The van der Waals surface area contributed by atoms with Gasteiger partial charge in [0.05, 0.1) is 19.3 Å². The van der Waals surface area contributed by atoms with Crippen molar-refractivity contribution in [1.29, 1.82) is 0 Å². The number of alkyl halides is 1. The van der Waals surface area contributed by atoms with Crippen LogP contribution in [0.4, 0.5) is 4.79 Å². The van der Waals surface area contributed by atoms with Crippen molar-refractivity contribution in [3.8, 4) is 0 Å². The van der Waals surface area contributed by atoms with Crippen LogP contribution in [0.3, 0.4) is 0 Å². The van der Waals surface area contributed by atoms with Crippen molar-refractivity contribution >= 4 is 36.0 Å². The highest BCUT2D eigenvalue weighted by Crippen LogP contribution is 2.60. The number of nitrogens with zero attached hydrogens (tertiary/aromatic N) is 4. The second kappa shape index (κ2) is 9.75. The minimum atomic E-state index is -0.740. The van der Waals surface area contributed by atoms with Crippen LogP contribution in [-0.4, -0.2) is 62.7 Å². The van der Waals surface area contributed by atoms with E-state index in [1.54, 1.807) is 17.9 Å². The summed E-state index contributed by atoms with van der Waals surface area (Å²) in [5.41, 5.74) is 0.397. The van der Waals surface area contributed by atoms with Gasteiger partial charge in [-0.3, -0.25) is 4.68 Å². The normalized spacial score (nSPS) is 27.7. The third-order valence-electron chi connectivity index (χ3n) is 6.46. The van der Waals surface area contributed by atoms with Gasteiger partial charge in [0, 0.05) is 26.1 Å². The summed E-state index contributed by atoms with van der Waals surface area (Å²) in [4.78, 5) is 13.6. The van der Waals surface area contributed by atoms with Gasteiger partial charge in [0.25, 0.3) is 0 Å². The van der Waals surface area contributed by atoms with E-state index in [1.807, 2.05) is 20.8 Å². The number of ether oxygens (including phenoxy) is 1. The van der Waals surface area contributed by atoms with Gasteiger partial charge >= 0.3 is 13.4 Å². The van der Waals surface area contributed by atoms with Gasteiger partial charge in [0.1, 0.15) is 14.9 Å². The van der Waals surface area contributed by atoms with E-state index >= 15 is 0 Å². The summed E-state index contributed by atoms with van der Waals surface area (Å²) in [5, 5.41) is 8.29. The van der Waals surface area contributed by atoms with Crippen molar-refractivity contribution < 1.29 is 23.5 Å². The number of carbonyl (C=O) groups excluding carboxylic acids is 1. The van der Waals surface area contributed by atoms with Crippen LogP contribution in [0.25, 0.3) is 0 Å². The molecule has 3 atom stereocenters. The number of carbonyl (C=O) groups is 1. The fourth-order valence-corrected chi connectivity index (χ4v) is 5.69. The van der Waals surface area contributed by atoms with E-state index in [-0.39, 0.29) is 21.7 Å². The highest BCUT2D eigenvalue weighted by atomic mass is 127. The summed E-state index contributed by atoms with van der Waals surface area (Å²) in [5.74, 6) is 1.11. The number of fused-ring (bicyclic) bond motifs is 5. The van der Waals surface area contributed by atoms with E-state index in [0.717, 1.165) is 12.8 Å². The van der Waals surface area contributed by atoms with Gasteiger partial charge < -0.3 is 23.6 Å². The Kier molecular flexibility index (Phi) is 7.83. The quantitative estimate of drug-likeness (QED) is 0.296. The fourth-order valence-electron chi connectivity index (χ4n) is 4.42. The summed E-state index contributed by atoms with van der Waals surface area (Å²) >= 11 is 2.39. The van der Waals surface area contributed by atoms with Crippen molar-refractivity contribution in [2.45, 2.75) is 76.7 Å². The summed E-state index contributed by atoms with van der Waals surface area (Å²) in [6.45, 7) is 14.1. The molecule has 1 saturated carbocycles. The molecule has 1 aromatic rings. The molecule has 2 saturated heterocycles. The van der Waals surface area contributed by atoms with Crippen LogP contribution in [0.2, 0.25) is 0 Å². The maximum Gasteiger partial charge on any atom is 0.640 e. The molecule has 180 valence electrons. The molecule has 2 bridgehead atoms. The molecule has 3 aliphatic rings. The first-order valence-electron chi connectivity index (χ1n) is 11.2. The smallest absolute Gasteiger partial charge is 0.444 e. The number of halogens is 1. The Morgan fingerprint density at radius 2 is 2.12 bits per heavy atom. The van der Waals surface area contributed by atoms with Crippen LogP contribution >= 0.6 is 22.6 Å². The number of amides is 1. The number of aromatic nitrogens is 3. The van der Waals surface area contributed by atoms with Gasteiger partial charge in [0.2, 0.25) is 0 Å². The summed E-state index contributed by atoms with van der Waals surface area (Å²) in [7, 11) is 0.962. The zero-order valence-corrected chi connectivity index (χ0v) is 22.4. The average molecular weight is 562 g/mol. The summed E-state index contributed by atoms with van der Waals surface area (Å²) in [6, 6.07) is 0. The van der Waals surface area contributed by atoms with Gasteiger partial charge in [-0.2, -0.15) is 0 Å². The second-order valence-electron chi connectivity index (χ2n) is 10.5. The third-order valence-corrected chi connectivity index (χ3v) is 7.47. The molecule has 1 amide bonds. The van der Waals surface area contributed by atoms with E-state index < -0.39 is 12.9 Å². The average Bonchev–Trinajstić information content (AvgIpc) is 3.14. The molecule has 1 aliphatic carbocycles. The molecule has 3 fully saturated rings. The predicted molar refractivity (Wildman–Crippen MR) is 129 cm³/mol. The van der Waals surface area contributed by atoms with Gasteiger partial charge in [-0.1, -0.05) is 19.1 Å². The maximum absolute atomic E-state index is 12.1. The first-order valence-corrected chi connectivity index (χ1v) is 12.3. The molecule has 4 rings (SSSR count). The van der Waals surface area contributed by atoms with Crippen molar-refractivity contribution in [3.63, 3.8) is 0 Å². The molecule has 2 aliphatic heterocycles. The van der Waals surface area contributed by atoms with Gasteiger partial charge in [-0.25, -0.2) is 4.79 Å². The molecule has 11 heteroatoms. The van der Waals surface area contributed by atoms with Crippen molar-refractivity contribution in [2.75, 3.05) is 20.2 Å². The minimum absolute atomic E-state index is 0.233. The molecule has 0 N–H and O–H groups in total. The van der Waals surface area contributed by atoms with E-state index in [9.17, 15) is 4.79 Å². The Labute approximate surface area is 205 Å². The lowest BCUT2D eigenvalue weighted by Crippen LogP contribution is -2.54. The van der Waals surface area contributed by atoms with Crippen LogP contribution in [0, 0.1) is 17.3 Å². The van der Waals surface area contributed by atoms with Crippen molar-refractivity contribution in [2.24, 2.45) is 17.3 Å². The molecular formula is C21H36BIN4O5. The predicted octanol–water partition coefficient (Wildman–Crippen LogP) is 3.90. The molecule has 2 unspecified atom stereocenters. The Bertz CT molecular complexity index is 797. The molecule has 3 heterocycles. The van der Waals surface area contributed by atoms with E-state index in [1.165, 1.54) is 4.90 Å². The van der Waals surface area contributed by atoms with Crippen LogP contribution in [0.1, 0.15) is 60.1 Å². The van der Waals surface area contributed by atoms with Crippen LogP contribution in [0.5, 0.6) is 0 Å². The maximum atomic E-state index is 12.1. The topological polar surface area (TPSA) is 87.9 Å². The Hall–Kier alpha value is -0.915. The number of likely N-dealkylation sites (N-methyl/N-ethyl adjacent to an activating group) is 1. The molecule has 9 nitrogen and oxygen atoms in total. The van der Waals surface area contributed by atoms with E-state index in [2.05, 4.69) is 53.7 Å². The number of hydrogen-bond donors (Lipinski definition) is 0. The van der Waals surface area contributed by atoms with Crippen LogP contribution < -0.4 is 0 Å². The molecule has 0 aromatic carbocycles. The Morgan fingerprint density at radius 1 is 1.41 bits per heavy atom. The highest BCUT2D eigenvalue weighted by Gasteiger charge is 2.57. The fraction of sp³-hybridized carbons (Fsp3) is 0.857. The van der Waals surface area contributed by atoms with Gasteiger partial charge in [-0.05, 0) is 74.5 Å². The lowest BCUT2D eigenvalue weighted by Gasteiger charge is -2.57. The van der Waals surface area contributed by atoms with E-state index in [0.29, 0.717) is 37.2 Å². The van der Waals surface area contributed by atoms with Crippen LogP contribution in [-0.2, 0) is 31.9 Å². The Balaban J connectivity index is 1.49. The summed E-state index contributed by atoms with van der Waals surface area (Å²) in [6.07, 6.45) is 3.62.